The van der Waals surface area contributed by atoms with E-state index in [1.807, 2.05) is 0 Å². The van der Waals surface area contributed by atoms with Crippen molar-refractivity contribution in [1.82, 2.24) is 0 Å². The first-order chi connectivity index (χ1) is 5.66. The molecule has 4 aliphatic rings. The first kappa shape index (κ1) is 5.58. The van der Waals surface area contributed by atoms with Crippen LogP contribution in [0.15, 0.2) is 0 Å². The van der Waals surface area contributed by atoms with Gasteiger partial charge >= 0.3 is 0 Å². The zero-order chi connectivity index (χ0) is 8.34. The molecule has 4 rings (SSSR count). The van der Waals surface area contributed by atoms with Gasteiger partial charge in [-0.2, -0.15) is 0 Å². The van der Waals surface area contributed by atoms with Crippen LogP contribution in [0.2, 0.25) is 0 Å². The highest BCUT2D eigenvalue weighted by Crippen LogP contribution is 2.53. The van der Waals surface area contributed by atoms with E-state index >= 15 is 0 Å². The Hall–Kier alpha value is -0.0400. The molecule has 0 saturated heterocycles. The zero-order valence-electron chi connectivity index (χ0n) is 7.79. The van der Waals surface area contributed by atoms with Gasteiger partial charge in [0, 0.05) is 0 Å². The van der Waals surface area contributed by atoms with Gasteiger partial charge in [0.1, 0.15) is 0 Å². The Kier molecular flexibility index (Phi) is 1.02. The molecule has 11 heavy (non-hydrogen) atoms. The van der Waals surface area contributed by atoms with Crippen LogP contribution in [0.1, 0.15) is 33.5 Å². The molecule has 1 N–H and O–H groups in total. The quantitative estimate of drug-likeness (QED) is 0.562. The Morgan fingerprint density at radius 2 is 1.36 bits per heavy atom. The van der Waals surface area contributed by atoms with Crippen molar-refractivity contribution in [3.63, 3.8) is 0 Å². The van der Waals surface area contributed by atoms with E-state index in [0.717, 1.165) is 37.5 Å². The van der Waals surface area contributed by atoms with Gasteiger partial charge in [-0.1, -0.05) is 0 Å². The van der Waals surface area contributed by atoms with E-state index in [9.17, 15) is 5.11 Å². The Morgan fingerprint density at radius 3 is 1.82 bits per heavy atom. The van der Waals surface area contributed by atoms with Gasteiger partial charge in [-0.3, -0.25) is 0 Å². The van der Waals surface area contributed by atoms with Crippen molar-refractivity contribution in [3.05, 3.63) is 0 Å². The molecule has 0 unspecified atom stereocenters. The fraction of sp³-hybridized carbons (Fsp3) is 1.00. The molecule has 62 valence electrons. The maximum absolute atomic E-state index is 9.96. The van der Waals surface area contributed by atoms with Crippen molar-refractivity contribution in [2.24, 2.45) is 23.7 Å². The Labute approximate surface area is 69.2 Å². The molecule has 0 aromatic carbocycles. The van der Waals surface area contributed by atoms with Crippen LogP contribution < -0.4 is 0 Å². The molecule has 0 spiro atoms. The van der Waals surface area contributed by atoms with E-state index in [4.69, 9.17) is 1.37 Å². The van der Waals surface area contributed by atoms with E-state index in [1.165, 1.54) is 6.42 Å². The number of hydrogen-bond donors (Lipinski definition) is 1. The molecule has 0 amide bonds. The van der Waals surface area contributed by atoms with Gasteiger partial charge in [0.15, 0.2) is 0 Å². The molecule has 0 aliphatic heterocycles. The second-order valence-electron chi connectivity index (χ2n) is 4.73. The highest BCUT2D eigenvalue weighted by atomic mass is 16.3. The minimum atomic E-state index is -1.05. The van der Waals surface area contributed by atoms with E-state index in [1.54, 1.807) is 0 Å². The van der Waals surface area contributed by atoms with E-state index in [2.05, 4.69) is 0 Å². The summed E-state index contributed by atoms with van der Waals surface area (Å²) in [4.78, 5) is 0. The van der Waals surface area contributed by atoms with Crippen LogP contribution in [0.5, 0.6) is 0 Å². The molecule has 4 fully saturated rings. The number of rotatable bonds is 0. The van der Waals surface area contributed by atoms with E-state index in [0.29, 0.717) is 11.8 Å². The molecule has 4 bridgehead atoms. The lowest BCUT2D eigenvalue weighted by Crippen LogP contribution is -2.48. The van der Waals surface area contributed by atoms with Crippen molar-refractivity contribution in [2.75, 3.05) is 0 Å². The standard InChI is InChI=1S/C10H16O/c11-10-8-2-6-1-7(4-8)5-9(10)3-6/h6-11H,1-5H2/i10D. The summed E-state index contributed by atoms with van der Waals surface area (Å²) in [5, 5.41) is 9.96. The van der Waals surface area contributed by atoms with Crippen LogP contribution >= 0.6 is 0 Å². The van der Waals surface area contributed by atoms with Crippen molar-refractivity contribution in [2.45, 2.75) is 38.2 Å². The van der Waals surface area contributed by atoms with Gasteiger partial charge < -0.3 is 5.11 Å². The molecule has 0 radical (unpaired) electrons. The smallest absolute Gasteiger partial charge is 0.0606 e. The minimum Gasteiger partial charge on any atom is -0.393 e. The molecule has 0 aromatic rings. The molecule has 1 nitrogen and oxygen atoms in total. The summed E-state index contributed by atoms with van der Waals surface area (Å²) in [5.74, 6) is 2.35. The Balaban J connectivity index is 1.96. The van der Waals surface area contributed by atoms with Gasteiger partial charge in [-0.25, -0.2) is 0 Å². The van der Waals surface area contributed by atoms with Crippen LogP contribution in [0.4, 0.5) is 0 Å². The third kappa shape index (κ3) is 0.807. The van der Waals surface area contributed by atoms with Crippen LogP contribution in [0.25, 0.3) is 0 Å². The fourth-order valence-corrected chi connectivity index (χ4v) is 3.67. The van der Waals surface area contributed by atoms with Gasteiger partial charge in [-0.05, 0) is 55.8 Å². The first-order valence-electron chi connectivity index (χ1n) is 5.38. The SMILES string of the molecule is [2H]C1(O)C2CC3CC(C2)CC1C3. The second-order valence-corrected chi connectivity index (χ2v) is 4.73. The summed E-state index contributed by atoms with van der Waals surface area (Å²) in [6, 6.07) is 0. The van der Waals surface area contributed by atoms with Crippen molar-refractivity contribution in [3.8, 4) is 0 Å². The van der Waals surface area contributed by atoms with E-state index in [-0.39, 0.29) is 0 Å². The molecule has 4 saturated carbocycles. The number of hydrogen-bond acceptors (Lipinski definition) is 1. The summed E-state index contributed by atoms with van der Waals surface area (Å²) in [6.45, 7) is 0. The molecule has 0 atom stereocenters. The highest BCUT2D eigenvalue weighted by molar-refractivity contribution is 4.97. The maximum Gasteiger partial charge on any atom is 0.0606 e. The predicted molar refractivity (Wildman–Crippen MR) is 43.1 cm³/mol. The van der Waals surface area contributed by atoms with Gasteiger partial charge in [-0.15, -0.1) is 0 Å². The summed E-state index contributed by atoms with van der Waals surface area (Å²) in [5.41, 5.74) is 0. The lowest BCUT2D eigenvalue weighted by atomic mass is 9.55. The van der Waals surface area contributed by atoms with Crippen molar-refractivity contribution >= 4 is 0 Å². The summed E-state index contributed by atoms with van der Waals surface area (Å²) >= 11 is 0. The Morgan fingerprint density at radius 1 is 0.909 bits per heavy atom. The topological polar surface area (TPSA) is 20.2 Å². The minimum absolute atomic E-state index is 0.314. The molecule has 4 aliphatic carbocycles. The lowest BCUT2D eigenvalue weighted by Gasteiger charge is -2.52. The third-order valence-electron chi connectivity index (χ3n) is 3.97. The van der Waals surface area contributed by atoms with Crippen LogP contribution in [-0.4, -0.2) is 11.2 Å². The monoisotopic (exact) mass is 153 g/mol. The Bertz CT molecular complexity index is 182. The largest absolute Gasteiger partial charge is 0.393 e. The van der Waals surface area contributed by atoms with Crippen molar-refractivity contribution < 1.29 is 6.48 Å². The number of aliphatic hydroxyl groups is 1. The molecule has 1 heteroatoms. The van der Waals surface area contributed by atoms with Gasteiger partial charge in [0.05, 0.1) is 7.45 Å². The van der Waals surface area contributed by atoms with Crippen LogP contribution in [0.3, 0.4) is 0 Å². The normalized spacial score (nSPS) is 68.3. The van der Waals surface area contributed by atoms with Crippen LogP contribution in [-0.2, 0) is 0 Å². The average Bonchev–Trinajstić information content (AvgIpc) is 1.99. The van der Waals surface area contributed by atoms with Gasteiger partial charge in [0.2, 0.25) is 0 Å². The highest BCUT2D eigenvalue weighted by Gasteiger charge is 2.47. The maximum atomic E-state index is 9.96. The molecule has 0 aromatic heterocycles. The van der Waals surface area contributed by atoms with Gasteiger partial charge in [0.25, 0.3) is 0 Å². The third-order valence-corrected chi connectivity index (χ3v) is 3.97. The van der Waals surface area contributed by atoms with Crippen molar-refractivity contribution in [1.29, 1.82) is 0 Å². The average molecular weight is 153 g/mol. The molecular formula is C10H16O. The predicted octanol–water partition coefficient (Wildman–Crippen LogP) is 1.80. The first-order valence-corrected chi connectivity index (χ1v) is 4.88. The zero-order valence-corrected chi connectivity index (χ0v) is 6.79. The second kappa shape index (κ2) is 2.01. The molecular weight excluding hydrogens is 136 g/mol. The summed E-state index contributed by atoms with van der Waals surface area (Å²) in [6.07, 6.45) is 4.87. The summed E-state index contributed by atoms with van der Waals surface area (Å²) in [7, 11) is 0. The lowest BCUT2D eigenvalue weighted by molar-refractivity contribution is -0.0919. The fourth-order valence-electron chi connectivity index (χ4n) is 3.67. The summed E-state index contributed by atoms with van der Waals surface area (Å²) < 4.78 is 7.91. The van der Waals surface area contributed by atoms with E-state index < -0.39 is 6.08 Å². The molecule has 0 heterocycles. The van der Waals surface area contributed by atoms with Crippen LogP contribution in [0, 0.1) is 23.7 Å².